The lowest BCUT2D eigenvalue weighted by atomic mass is 10.1. The number of ether oxygens (including phenoxy) is 1. The van der Waals surface area contributed by atoms with Crippen LogP contribution >= 0.6 is 11.8 Å². The Balaban J connectivity index is 1.32. The number of anilines is 2. The van der Waals surface area contributed by atoms with Gasteiger partial charge in [-0.1, -0.05) is 23.9 Å². The molecule has 2 aromatic heterocycles. The second-order valence-electron chi connectivity index (χ2n) is 9.22. The molecule has 0 atom stereocenters. The van der Waals surface area contributed by atoms with E-state index in [1.54, 1.807) is 0 Å². The Labute approximate surface area is 246 Å². The van der Waals surface area contributed by atoms with Gasteiger partial charge in [0.15, 0.2) is 16.8 Å². The highest BCUT2D eigenvalue weighted by Crippen LogP contribution is 2.32. The molecule has 1 aliphatic rings. The number of nitrogens with zero attached hydrogens (tertiary/aromatic N) is 6. The minimum atomic E-state index is -4.53. The van der Waals surface area contributed by atoms with Gasteiger partial charge in [0, 0.05) is 23.9 Å². The fourth-order valence-corrected chi connectivity index (χ4v) is 4.94. The predicted molar refractivity (Wildman–Crippen MR) is 152 cm³/mol. The molecule has 3 amide bonds. The highest BCUT2D eigenvalue weighted by atomic mass is 32.2. The Morgan fingerprint density at radius 1 is 1.14 bits per heavy atom. The van der Waals surface area contributed by atoms with E-state index in [4.69, 9.17) is 4.74 Å². The number of aliphatic imine (C=N–C) groups is 1. The number of benzene rings is 2. The van der Waals surface area contributed by atoms with Gasteiger partial charge in [-0.2, -0.15) is 18.2 Å². The summed E-state index contributed by atoms with van der Waals surface area (Å²) >= 11 is 1.09. The molecule has 1 saturated heterocycles. The molecule has 2 aromatic carbocycles. The fourth-order valence-electron chi connectivity index (χ4n) is 4.08. The van der Waals surface area contributed by atoms with Crippen molar-refractivity contribution in [3.63, 3.8) is 0 Å². The summed E-state index contributed by atoms with van der Waals surface area (Å²) in [5.41, 5.74) is 1.38. The number of thioether (sulfide) groups is 1. The molecular formula is C28H23F4N7O3S. The average Bonchev–Trinajstić information content (AvgIpc) is 3.60. The number of pyridine rings is 1. The van der Waals surface area contributed by atoms with Gasteiger partial charge < -0.3 is 10.1 Å². The molecule has 1 aliphatic heterocycles. The number of aryl methyl sites for hydroxylation is 1. The van der Waals surface area contributed by atoms with Gasteiger partial charge in [-0.3, -0.25) is 9.69 Å². The molecule has 15 heteroatoms. The van der Waals surface area contributed by atoms with Gasteiger partial charge >= 0.3 is 12.2 Å². The molecule has 1 N–H and O–H groups in total. The van der Waals surface area contributed by atoms with E-state index in [0.717, 1.165) is 45.8 Å². The van der Waals surface area contributed by atoms with E-state index in [9.17, 15) is 27.2 Å². The number of hydrogen-bond donors (Lipinski definition) is 1. The Hall–Kier alpha value is -4.63. The van der Waals surface area contributed by atoms with Crippen LogP contribution in [-0.4, -0.2) is 49.2 Å². The van der Waals surface area contributed by atoms with E-state index < -0.39 is 23.6 Å². The molecule has 5 rings (SSSR count). The molecule has 0 unspecified atom stereocenters. The standard InChI is InChI=1S/C28H23F4N7O3S/c1-3-42-13-18-5-4-16(2)10-22(18)39-24(40)14-43-27(39)36-26(41)35-21-8-6-17(11-20(21)29)25-34-15-38(37-25)23-9-7-19(12-33-23)28(30,31)32/h4-12,15H,3,13-14H2,1-2H3,(H,35,41). The SMILES string of the molecule is CCOCc1ccc(C)cc1N1C(=O)CSC1=NC(=O)Nc1ccc(-c2ncn(-c3ccc(C(F)(F)F)cn3)n2)cc1F. The number of carbonyl (C=O) groups is 2. The van der Waals surface area contributed by atoms with Gasteiger partial charge in [-0.05, 0) is 55.8 Å². The first-order valence-corrected chi connectivity index (χ1v) is 13.8. The van der Waals surface area contributed by atoms with Crippen LogP contribution in [0.25, 0.3) is 17.2 Å². The highest BCUT2D eigenvalue weighted by molar-refractivity contribution is 8.15. The first kappa shape index (κ1) is 29.8. The van der Waals surface area contributed by atoms with E-state index in [1.165, 1.54) is 23.4 Å². The van der Waals surface area contributed by atoms with Crippen molar-refractivity contribution in [2.75, 3.05) is 22.6 Å². The lowest BCUT2D eigenvalue weighted by molar-refractivity contribution is -0.137. The normalized spacial score (nSPS) is 14.5. The number of rotatable bonds is 7. The predicted octanol–water partition coefficient (Wildman–Crippen LogP) is 6.00. The third-order valence-corrected chi connectivity index (χ3v) is 7.10. The molecule has 222 valence electrons. The number of aromatic nitrogens is 4. The second kappa shape index (κ2) is 12.3. The van der Waals surface area contributed by atoms with Crippen LogP contribution in [-0.2, 0) is 22.3 Å². The second-order valence-corrected chi connectivity index (χ2v) is 10.2. The van der Waals surface area contributed by atoms with Crippen LogP contribution in [0, 0.1) is 12.7 Å². The van der Waals surface area contributed by atoms with Crippen LogP contribution in [0.4, 0.5) is 33.7 Å². The monoisotopic (exact) mass is 613 g/mol. The number of hydrogen-bond acceptors (Lipinski definition) is 7. The van der Waals surface area contributed by atoms with Crippen LogP contribution in [0.2, 0.25) is 0 Å². The van der Waals surface area contributed by atoms with E-state index >= 15 is 0 Å². The van der Waals surface area contributed by atoms with Crippen molar-refractivity contribution in [1.82, 2.24) is 19.7 Å². The summed E-state index contributed by atoms with van der Waals surface area (Å²) in [5.74, 6) is -0.813. The maximum absolute atomic E-state index is 15.0. The van der Waals surface area contributed by atoms with E-state index in [-0.39, 0.29) is 46.3 Å². The summed E-state index contributed by atoms with van der Waals surface area (Å²) in [4.78, 5) is 38.8. The van der Waals surface area contributed by atoms with Crippen LogP contribution in [0.15, 0.2) is 66.0 Å². The smallest absolute Gasteiger partial charge is 0.377 e. The Kier molecular flexibility index (Phi) is 8.54. The van der Waals surface area contributed by atoms with Gasteiger partial charge in [0.2, 0.25) is 5.91 Å². The summed E-state index contributed by atoms with van der Waals surface area (Å²) in [6.07, 6.45) is -2.62. The third kappa shape index (κ3) is 6.73. The van der Waals surface area contributed by atoms with Gasteiger partial charge in [0.05, 0.1) is 29.3 Å². The summed E-state index contributed by atoms with van der Waals surface area (Å²) in [6, 6.07) is 10.5. The molecule has 0 bridgehead atoms. The zero-order valence-corrected chi connectivity index (χ0v) is 23.5. The zero-order chi connectivity index (χ0) is 30.7. The minimum absolute atomic E-state index is 0.0799. The minimum Gasteiger partial charge on any atom is -0.377 e. The summed E-state index contributed by atoms with van der Waals surface area (Å²) in [7, 11) is 0. The zero-order valence-electron chi connectivity index (χ0n) is 22.7. The molecule has 0 spiro atoms. The van der Waals surface area contributed by atoms with E-state index in [2.05, 4.69) is 25.4 Å². The number of alkyl halides is 3. The number of urea groups is 1. The molecule has 10 nitrogen and oxygen atoms in total. The van der Waals surface area contributed by atoms with Crippen molar-refractivity contribution in [3.8, 4) is 17.2 Å². The topological polar surface area (TPSA) is 115 Å². The van der Waals surface area contributed by atoms with Gasteiger partial charge in [0.25, 0.3) is 0 Å². The van der Waals surface area contributed by atoms with Gasteiger partial charge in [0.1, 0.15) is 12.1 Å². The third-order valence-electron chi connectivity index (χ3n) is 6.18. The summed E-state index contributed by atoms with van der Waals surface area (Å²) in [6.45, 7) is 4.49. The Bertz CT molecular complexity index is 1710. The number of amidine groups is 1. The lowest BCUT2D eigenvalue weighted by Gasteiger charge is -2.20. The molecule has 43 heavy (non-hydrogen) atoms. The fraction of sp³-hybridized carbons (Fsp3) is 0.214. The number of nitrogens with one attached hydrogen (secondary N) is 1. The Morgan fingerprint density at radius 3 is 2.65 bits per heavy atom. The van der Waals surface area contributed by atoms with Crippen molar-refractivity contribution < 1.29 is 31.9 Å². The van der Waals surface area contributed by atoms with Crippen molar-refractivity contribution in [2.45, 2.75) is 26.6 Å². The van der Waals surface area contributed by atoms with Crippen LogP contribution < -0.4 is 10.2 Å². The molecule has 1 fully saturated rings. The first-order valence-electron chi connectivity index (χ1n) is 12.8. The number of amides is 3. The molecule has 0 radical (unpaired) electrons. The Morgan fingerprint density at radius 2 is 1.95 bits per heavy atom. The average molecular weight is 614 g/mol. The maximum atomic E-state index is 15.0. The van der Waals surface area contributed by atoms with Crippen molar-refractivity contribution >= 4 is 40.2 Å². The quantitative estimate of drug-likeness (QED) is 0.254. The molecule has 4 aromatic rings. The van der Waals surface area contributed by atoms with E-state index in [1.807, 2.05) is 32.0 Å². The molecule has 3 heterocycles. The van der Waals surface area contributed by atoms with E-state index in [0.29, 0.717) is 18.5 Å². The highest BCUT2D eigenvalue weighted by Gasteiger charge is 2.32. The van der Waals surface area contributed by atoms with Gasteiger partial charge in [-0.25, -0.2) is 23.8 Å². The largest absolute Gasteiger partial charge is 0.417 e. The number of carbonyl (C=O) groups excluding carboxylic acids is 2. The van der Waals surface area contributed by atoms with Crippen LogP contribution in [0.1, 0.15) is 23.6 Å². The maximum Gasteiger partial charge on any atom is 0.417 e. The molecular weight excluding hydrogens is 590 g/mol. The van der Waals surface area contributed by atoms with Crippen LogP contribution in [0.5, 0.6) is 0 Å². The molecule has 0 aliphatic carbocycles. The first-order chi connectivity index (χ1) is 20.5. The van der Waals surface area contributed by atoms with Crippen molar-refractivity contribution in [2.24, 2.45) is 4.99 Å². The van der Waals surface area contributed by atoms with Crippen molar-refractivity contribution in [3.05, 3.63) is 83.6 Å². The molecule has 0 saturated carbocycles. The van der Waals surface area contributed by atoms with Crippen molar-refractivity contribution in [1.29, 1.82) is 0 Å². The lowest BCUT2D eigenvalue weighted by Crippen LogP contribution is -2.31. The summed E-state index contributed by atoms with van der Waals surface area (Å²) < 4.78 is 60.1. The number of halogens is 4. The van der Waals surface area contributed by atoms with Crippen LogP contribution in [0.3, 0.4) is 0 Å². The van der Waals surface area contributed by atoms with Gasteiger partial charge in [-0.15, -0.1) is 5.10 Å². The summed E-state index contributed by atoms with van der Waals surface area (Å²) in [5, 5.41) is 6.69.